The third-order valence-electron chi connectivity index (χ3n) is 2.58. The Balaban J connectivity index is 2.22. The smallest absolute Gasteiger partial charge is 0.269 e. The molecule has 21 heavy (non-hydrogen) atoms. The van der Waals surface area contributed by atoms with Crippen molar-refractivity contribution >= 4 is 44.2 Å². The lowest BCUT2D eigenvalue weighted by atomic mass is 10.3. The van der Waals surface area contributed by atoms with Crippen LogP contribution in [0.15, 0.2) is 41.3 Å². The van der Waals surface area contributed by atoms with Crippen LogP contribution in [0, 0.1) is 10.1 Å². The van der Waals surface area contributed by atoms with E-state index in [9.17, 15) is 23.3 Å². The van der Waals surface area contributed by atoms with Gasteiger partial charge in [0.1, 0.15) is 5.75 Å². The number of carbonyl (C=O) groups is 1. The van der Waals surface area contributed by atoms with Gasteiger partial charge in [0.25, 0.3) is 5.69 Å². The molecule has 0 saturated carbocycles. The summed E-state index contributed by atoms with van der Waals surface area (Å²) in [7, 11) is -3.85. The number of nitro groups is 1. The predicted octanol–water partition coefficient (Wildman–Crippen LogP) is 2.97. The number of non-ortho nitro benzene ring substituents is 1. The highest BCUT2D eigenvalue weighted by molar-refractivity contribution is 7.92. The predicted molar refractivity (Wildman–Crippen MR) is 78.8 cm³/mol. The molecule has 0 atom stereocenters. The molecule has 0 radical (unpaired) electrons. The van der Waals surface area contributed by atoms with Crippen LogP contribution in [-0.4, -0.2) is 24.9 Å². The van der Waals surface area contributed by atoms with Crippen LogP contribution in [0.5, 0.6) is 0 Å². The molecule has 0 N–H and O–H groups in total. The van der Waals surface area contributed by atoms with Crippen molar-refractivity contribution < 1.29 is 18.1 Å². The molecule has 0 bridgehead atoms. The monoisotopic (exact) mass is 345 g/mol. The second-order valence-electron chi connectivity index (χ2n) is 4.04. The number of hydrogen-bond donors (Lipinski definition) is 0. The minimum atomic E-state index is -3.85. The normalized spacial score (nSPS) is 11.3. The zero-order chi connectivity index (χ0) is 15.6. The Kier molecular flexibility index (Phi) is 4.40. The fourth-order valence-corrected chi connectivity index (χ4v) is 3.86. The third kappa shape index (κ3) is 3.66. The summed E-state index contributed by atoms with van der Waals surface area (Å²) in [6.45, 7) is 0. The number of carbonyl (C=O) groups excluding carboxylic acids is 1. The molecule has 0 amide bonds. The summed E-state index contributed by atoms with van der Waals surface area (Å²) in [4.78, 5) is 21.9. The number of Topliss-reactive ketones (excluding diaryl/α,β-unsaturated/α-hetero) is 1. The average Bonchev–Trinajstić information content (AvgIpc) is 2.85. The van der Waals surface area contributed by atoms with Gasteiger partial charge >= 0.3 is 0 Å². The van der Waals surface area contributed by atoms with Gasteiger partial charge in [0.05, 0.1) is 19.0 Å². The van der Waals surface area contributed by atoms with Gasteiger partial charge < -0.3 is 0 Å². The first kappa shape index (κ1) is 15.6. The molecule has 1 heterocycles. The van der Waals surface area contributed by atoms with E-state index in [1.807, 2.05) is 0 Å². The van der Waals surface area contributed by atoms with E-state index in [1.54, 1.807) is 0 Å². The molecule has 2 rings (SSSR count). The first-order valence-corrected chi connectivity index (χ1v) is 8.40. The van der Waals surface area contributed by atoms with E-state index in [4.69, 9.17) is 11.6 Å². The quantitative estimate of drug-likeness (QED) is 0.471. The van der Waals surface area contributed by atoms with E-state index in [0.717, 1.165) is 35.6 Å². The van der Waals surface area contributed by atoms with Crippen molar-refractivity contribution in [2.24, 2.45) is 0 Å². The van der Waals surface area contributed by atoms with Crippen LogP contribution in [0.1, 0.15) is 9.67 Å². The largest absolute Gasteiger partial charge is 0.292 e. The SMILES string of the molecule is O=C(CS(=O)(=O)c1ccc([N+](=O)[O-])cc1)c1ccc(Cl)s1. The number of rotatable bonds is 5. The Bertz CT molecular complexity index is 795. The average molecular weight is 346 g/mol. The molecule has 0 saturated heterocycles. The Morgan fingerprint density at radius 2 is 1.81 bits per heavy atom. The van der Waals surface area contributed by atoms with Crippen LogP contribution in [0.4, 0.5) is 5.69 Å². The van der Waals surface area contributed by atoms with E-state index >= 15 is 0 Å². The van der Waals surface area contributed by atoms with Crippen LogP contribution in [0.2, 0.25) is 4.34 Å². The highest BCUT2D eigenvalue weighted by Gasteiger charge is 2.22. The molecule has 0 fully saturated rings. The molecule has 2 aromatic rings. The fourth-order valence-electron chi connectivity index (χ4n) is 1.57. The Morgan fingerprint density at radius 1 is 1.19 bits per heavy atom. The molecule has 9 heteroatoms. The number of thiophene rings is 1. The Labute approximate surface area is 129 Å². The molecule has 6 nitrogen and oxygen atoms in total. The van der Waals surface area contributed by atoms with E-state index in [1.165, 1.54) is 12.1 Å². The zero-order valence-corrected chi connectivity index (χ0v) is 12.7. The van der Waals surface area contributed by atoms with Crippen molar-refractivity contribution in [3.63, 3.8) is 0 Å². The molecule has 0 spiro atoms. The van der Waals surface area contributed by atoms with Crippen LogP contribution in [0.3, 0.4) is 0 Å². The van der Waals surface area contributed by atoms with E-state index in [-0.39, 0.29) is 15.5 Å². The number of nitrogens with zero attached hydrogens (tertiary/aromatic N) is 1. The number of benzene rings is 1. The van der Waals surface area contributed by atoms with Crippen LogP contribution >= 0.6 is 22.9 Å². The van der Waals surface area contributed by atoms with Gasteiger partial charge in [-0.15, -0.1) is 11.3 Å². The summed E-state index contributed by atoms with van der Waals surface area (Å²) in [5.74, 6) is -1.27. The Morgan fingerprint density at radius 3 is 2.29 bits per heavy atom. The van der Waals surface area contributed by atoms with Crippen molar-refractivity contribution in [1.82, 2.24) is 0 Å². The number of sulfone groups is 1. The van der Waals surface area contributed by atoms with Gasteiger partial charge in [-0.1, -0.05) is 11.6 Å². The molecule has 110 valence electrons. The van der Waals surface area contributed by atoms with Gasteiger partial charge in [-0.25, -0.2) is 8.42 Å². The summed E-state index contributed by atoms with van der Waals surface area (Å²) in [5, 5.41) is 10.5. The first-order valence-electron chi connectivity index (χ1n) is 5.55. The van der Waals surface area contributed by atoms with Crippen LogP contribution in [0.25, 0.3) is 0 Å². The van der Waals surface area contributed by atoms with Crippen molar-refractivity contribution in [2.75, 3.05) is 5.75 Å². The molecule has 1 aromatic carbocycles. The third-order valence-corrected chi connectivity index (χ3v) is 5.48. The topological polar surface area (TPSA) is 94.3 Å². The first-order chi connectivity index (χ1) is 9.79. The van der Waals surface area contributed by atoms with Gasteiger partial charge in [0.15, 0.2) is 15.6 Å². The minimum absolute atomic E-state index is 0.135. The Hall–Kier alpha value is -1.77. The number of nitro benzene ring substituents is 1. The lowest BCUT2D eigenvalue weighted by Gasteiger charge is -2.02. The maximum Gasteiger partial charge on any atom is 0.269 e. The molecule has 0 unspecified atom stereocenters. The second-order valence-corrected chi connectivity index (χ2v) is 7.74. The van der Waals surface area contributed by atoms with Gasteiger partial charge in [0.2, 0.25) is 0 Å². The lowest BCUT2D eigenvalue weighted by molar-refractivity contribution is -0.384. The molecular weight excluding hydrogens is 338 g/mol. The van der Waals surface area contributed by atoms with Gasteiger partial charge in [0, 0.05) is 12.1 Å². The van der Waals surface area contributed by atoms with E-state index < -0.39 is 26.3 Å². The molecular formula is C12H8ClNO5S2. The maximum absolute atomic E-state index is 12.1. The fraction of sp³-hybridized carbons (Fsp3) is 0.0833. The standard InChI is InChI=1S/C12H8ClNO5S2/c13-12-6-5-11(20-12)10(15)7-21(18,19)9-3-1-8(2-4-9)14(16)17/h1-6H,7H2. The molecule has 0 aliphatic carbocycles. The van der Waals surface area contributed by atoms with Crippen molar-refractivity contribution in [3.8, 4) is 0 Å². The lowest BCUT2D eigenvalue weighted by Crippen LogP contribution is -2.15. The van der Waals surface area contributed by atoms with Gasteiger partial charge in [-0.3, -0.25) is 14.9 Å². The number of halogens is 1. The summed E-state index contributed by atoms with van der Waals surface area (Å²) >= 11 is 6.69. The summed E-state index contributed by atoms with van der Waals surface area (Å²) in [6, 6.07) is 7.36. The van der Waals surface area contributed by atoms with E-state index in [2.05, 4.69) is 0 Å². The maximum atomic E-state index is 12.1. The molecule has 0 aliphatic heterocycles. The van der Waals surface area contributed by atoms with Crippen molar-refractivity contribution in [3.05, 3.63) is 55.7 Å². The number of ketones is 1. The van der Waals surface area contributed by atoms with Gasteiger partial charge in [-0.05, 0) is 24.3 Å². The molecule has 1 aromatic heterocycles. The minimum Gasteiger partial charge on any atom is -0.292 e. The highest BCUT2D eigenvalue weighted by atomic mass is 35.5. The van der Waals surface area contributed by atoms with Crippen molar-refractivity contribution in [1.29, 1.82) is 0 Å². The number of hydrogen-bond acceptors (Lipinski definition) is 6. The van der Waals surface area contributed by atoms with Crippen molar-refractivity contribution in [2.45, 2.75) is 4.90 Å². The van der Waals surface area contributed by atoms with Gasteiger partial charge in [-0.2, -0.15) is 0 Å². The second kappa shape index (κ2) is 5.92. The van der Waals surface area contributed by atoms with E-state index in [0.29, 0.717) is 4.34 Å². The zero-order valence-electron chi connectivity index (χ0n) is 10.4. The summed E-state index contributed by atoms with van der Waals surface area (Å²) < 4.78 is 24.6. The highest BCUT2D eigenvalue weighted by Crippen LogP contribution is 2.23. The molecule has 0 aliphatic rings. The van der Waals surface area contributed by atoms with Crippen LogP contribution in [-0.2, 0) is 9.84 Å². The summed E-state index contributed by atoms with van der Waals surface area (Å²) in [5.41, 5.74) is -0.217. The summed E-state index contributed by atoms with van der Waals surface area (Å²) in [6.07, 6.45) is 0. The van der Waals surface area contributed by atoms with Crippen LogP contribution < -0.4 is 0 Å².